The van der Waals surface area contributed by atoms with Crippen LogP contribution in [0.3, 0.4) is 0 Å². The molecule has 0 bridgehead atoms. The number of pyridine rings is 1. The van der Waals surface area contributed by atoms with Gasteiger partial charge in [0.1, 0.15) is 0 Å². The third kappa shape index (κ3) is 3.95. The smallest absolute Gasteiger partial charge is 0.244 e. The SMILES string of the molecule is CCN(CC)S(=O)(=O)c1ccc2nnc(SCc3cccc(Br)c3)n2c1. The summed E-state index contributed by atoms with van der Waals surface area (Å²) < 4.78 is 29.7. The summed E-state index contributed by atoms with van der Waals surface area (Å²) in [6.07, 6.45) is 1.60. The van der Waals surface area contributed by atoms with Crippen molar-refractivity contribution in [3.05, 3.63) is 52.6 Å². The lowest BCUT2D eigenvalue weighted by Gasteiger charge is -2.18. The Morgan fingerprint density at radius 2 is 1.92 bits per heavy atom. The molecule has 0 atom stereocenters. The summed E-state index contributed by atoms with van der Waals surface area (Å²) in [5.41, 5.74) is 1.77. The van der Waals surface area contributed by atoms with Crippen LogP contribution in [0.15, 0.2) is 57.1 Å². The van der Waals surface area contributed by atoms with E-state index in [1.54, 1.807) is 22.7 Å². The monoisotopic (exact) mass is 454 g/mol. The first kappa shape index (κ1) is 19.3. The zero-order chi connectivity index (χ0) is 18.7. The second-order valence-corrected chi connectivity index (χ2v) is 9.38. The van der Waals surface area contributed by atoms with E-state index in [1.165, 1.54) is 16.1 Å². The Morgan fingerprint density at radius 1 is 1.15 bits per heavy atom. The summed E-state index contributed by atoms with van der Waals surface area (Å²) in [5.74, 6) is 0.716. The van der Waals surface area contributed by atoms with Crippen LogP contribution in [-0.4, -0.2) is 40.4 Å². The number of rotatable bonds is 7. The molecular weight excluding hydrogens is 436 g/mol. The normalized spacial score (nSPS) is 12.2. The number of hydrogen-bond donors (Lipinski definition) is 0. The van der Waals surface area contributed by atoms with E-state index >= 15 is 0 Å². The van der Waals surface area contributed by atoms with Gasteiger partial charge in [-0.15, -0.1) is 10.2 Å². The molecule has 0 amide bonds. The van der Waals surface area contributed by atoms with Crippen LogP contribution in [0, 0.1) is 0 Å². The number of halogens is 1. The number of thioether (sulfide) groups is 1. The molecule has 0 unspecified atom stereocenters. The summed E-state index contributed by atoms with van der Waals surface area (Å²) in [6.45, 7) is 4.53. The van der Waals surface area contributed by atoms with Crippen LogP contribution in [0.4, 0.5) is 0 Å². The van der Waals surface area contributed by atoms with Crippen molar-refractivity contribution in [3.8, 4) is 0 Å². The van der Waals surface area contributed by atoms with Gasteiger partial charge in [0.05, 0.1) is 4.90 Å². The topological polar surface area (TPSA) is 67.6 Å². The van der Waals surface area contributed by atoms with Crippen LogP contribution in [0.2, 0.25) is 0 Å². The van der Waals surface area contributed by atoms with Gasteiger partial charge >= 0.3 is 0 Å². The van der Waals surface area contributed by atoms with Gasteiger partial charge in [-0.05, 0) is 29.8 Å². The molecule has 26 heavy (non-hydrogen) atoms. The Kier molecular flexibility index (Phi) is 6.01. The highest BCUT2D eigenvalue weighted by Gasteiger charge is 2.22. The predicted molar refractivity (Wildman–Crippen MR) is 107 cm³/mol. The van der Waals surface area contributed by atoms with Crippen LogP contribution < -0.4 is 0 Å². The summed E-state index contributed by atoms with van der Waals surface area (Å²) in [7, 11) is -3.52. The molecule has 3 aromatic rings. The third-order valence-electron chi connectivity index (χ3n) is 3.94. The van der Waals surface area contributed by atoms with E-state index in [4.69, 9.17) is 0 Å². The molecule has 0 N–H and O–H groups in total. The fourth-order valence-electron chi connectivity index (χ4n) is 2.59. The maximum Gasteiger partial charge on any atom is 0.244 e. The molecule has 0 saturated heterocycles. The highest BCUT2D eigenvalue weighted by atomic mass is 79.9. The fourth-order valence-corrected chi connectivity index (χ4v) is 5.35. The Bertz CT molecular complexity index is 1020. The van der Waals surface area contributed by atoms with Gasteiger partial charge in [0, 0.05) is 29.5 Å². The summed E-state index contributed by atoms with van der Waals surface area (Å²) >= 11 is 4.98. The zero-order valence-electron chi connectivity index (χ0n) is 14.5. The van der Waals surface area contributed by atoms with Crippen molar-refractivity contribution in [1.82, 2.24) is 18.9 Å². The number of aromatic nitrogens is 3. The van der Waals surface area contributed by atoms with Crippen molar-refractivity contribution < 1.29 is 8.42 Å². The largest absolute Gasteiger partial charge is 0.276 e. The number of hydrogen-bond acceptors (Lipinski definition) is 5. The van der Waals surface area contributed by atoms with E-state index in [9.17, 15) is 8.42 Å². The summed E-state index contributed by atoms with van der Waals surface area (Å²) in [5, 5.41) is 8.99. The van der Waals surface area contributed by atoms with Gasteiger partial charge in [0.15, 0.2) is 10.8 Å². The molecule has 2 aromatic heterocycles. The molecule has 0 aliphatic heterocycles. The van der Waals surface area contributed by atoms with E-state index in [2.05, 4.69) is 26.1 Å². The Hall–Kier alpha value is -1.42. The lowest BCUT2D eigenvalue weighted by molar-refractivity contribution is 0.445. The first-order valence-electron chi connectivity index (χ1n) is 8.18. The standard InChI is InChI=1S/C17H19BrN4O2S2/c1-3-21(4-2)26(23,24)15-8-9-16-19-20-17(22(16)11-15)25-12-13-6-5-7-14(18)10-13/h5-11H,3-4,12H2,1-2H3. The number of benzene rings is 1. The second-order valence-electron chi connectivity index (χ2n) is 5.58. The Labute approximate surface area is 165 Å². The summed E-state index contributed by atoms with van der Waals surface area (Å²) in [4.78, 5) is 0.248. The van der Waals surface area contributed by atoms with Crippen LogP contribution >= 0.6 is 27.7 Å². The van der Waals surface area contributed by atoms with Crippen molar-refractivity contribution in [3.63, 3.8) is 0 Å². The molecule has 9 heteroatoms. The average molecular weight is 455 g/mol. The fraction of sp³-hybridized carbons (Fsp3) is 0.294. The van der Waals surface area contributed by atoms with Gasteiger partial charge in [0.25, 0.3) is 0 Å². The molecule has 0 radical (unpaired) electrons. The van der Waals surface area contributed by atoms with Crippen molar-refractivity contribution in [1.29, 1.82) is 0 Å². The molecule has 0 fully saturated rings. The van der Waals surface area contributed by atoms with Crippen LogP contribution in [0.5, 0.6) is 0 Å². The van der Waals surface area contributed by atoms with Crippen molar-refractivity contribution in [2.75, 3.05) is 13.1 Å². The van der Waals surface area contributed by atoms with Crippen molar-refractivity contribution >= 4 is 43.4 Å². The minimum atomic E-state index is -3.52. The predicted octanol–water partition coefficient (Wildman–Crippen LogP) is 3.81. The molecular formula is C17H19BrN4O2S2. The number of fused-ring (bicyclic) bond motifs is 1. The van der Waals surface area contributed by atoms with E-state index in [0.717, 1.165) is 10.0 Å². The second kappa shape index (κ2) is 8.08. The minimum Gasteiger partial charge on any atom is -0.276 e. The van der Waals surface area contributed by atoms with Crippen LogP contribution in [-0.2, 0) is 15.8 Å². The molecule has 0 spiro atoms. The Morgan fingerprint density at radius 3 is 2.62 bits per heavy atom. The van der Waals surface area contributed by atoms with Crippen LogP contribution in [0.25, 0.3) is 5.65 Å². The van der Waals surface area contributed by atoms with E-state index in [0.29, 0.717) is 29.6 Å². The van der Waals surface area contributed by atoms with E-state index < -0.39 is 10.0 Å². The molecule has 6 nitrogen and oxygen atoms in total. The lowest BCUT2D eigenvalue weighted by atomic mass is 10.2. The third-order valence-corrected chi connectivity index (χ3v) is 7.48. The summed E-state index contributed by atoms with van der Waals surface area (Å²) in [6, 6.07) is 11.3. The number of sulfonamides is 1. The van der Waals surface area contributed by atoms with Crippen molar-refractivity contribution in [2.24, 2.45) is 0 Å². The zero-order valence-corrected chi connectivity index (χ0v) is 17.7. The van der Waals surface area contributed by atoms with Gasteiger partial charge in [-0.25, -0.2) is 8.42 Å². The van der Waals surface area contributed by atoms with Crippen molar-refractivity contribution in [2.45, 2.75) is 29.7 Å². The van der Waals surface area contributed by atoms with Gasteiger partial charge in [-0.1, -0.05) is 53.7 Å². The Balaban J connectivity index is 1.91. The lowest BCUT2D eigenvalue weighted by Crippen LogP contribution is -2.30. The minimum absolute atomic E-state index is 0.248. The number of nitrogens with zero attached hydrogens (tertiary/aromatic N) is 4. The molecule has 2 heterocycles. The first-order valence-corrected chi connectivity index (χ1v) is 11.4. The highest BCUT2D eigenvalue weighted by Crippen LogP contribution is 2.25. The van der Waals surface area contributed by atoms with Gasteiger partial charge in [-0.2, -0.15) is 4.31 Å². The maximum absolute atomic E-state index is 12.7. The average Bonchev–Trinajstić information content (AvgIpc) is 3.03. The highest BCUT2D eigenvalue weighted by molar-refractivity contribution is 9.10. The molecule has 138 valence electrons. The van der Waals surface area contributed by atoms with E-state index in [-0.39, 0.29) is 4.90 Å². The molecule has 3 rings (SSSR count). The van der Waals surface area contributed by atoms with Gasteiger partial charge in [-0.3, -0.25) is 4.40 Å². The molecule has 1 aromatic carbocycles. The first-order chi connectivity index (χ1) is 12.5. The maximum atomic E-state index is 12.7. The van der Waals surface area contributed by atoms with Crippen LogP contribution in [0.1, 0.15) is 19.4 Å². The molecule has 0 saturated carbocycles. The molecule has 0 aliphatic rings. The van der Waals surface area contributed by atoms with Gasteiger partial charge < -0.3 is 0 Å². The van der Waals surface area contributed by atoms with Gasteiger partial charge in [0.2, 0.25) is 10.0 Å². The molecule has 0 aliphatic carbocycles. The van der Waals surface area contributed by atoms with E-state index in [1.807, 2.05) is 38.1 Å². The quantitative estimate of drug-likeness (QED) is 0.507.